The van der Waals surface area contributed by atoms with Gasteiger partial charge < -0.3 is 14.6 Å². The highest BCUT2D eigenvalue weighted by Crippen LogP contribution is 2.36. The van der Waals surface area contributed by atoms with Crippen molar-refractivity contribution in [3.63, 3.8) is 0 Å². The molecule has 1 atom stereocenters. The van der Waals surface area contributed by atoms with Gasteiger partial charge in [-0.2, -0.15) is 8.78 Å². The number of rotatable bonds is 6. The van der Waals surface area contributed by atoms with Crippen molar-refractivity contribution in [3.05, 3.63) is 47.8 Å². The van der Waals surface area contributed by atoms with Gasteiger partial charge in [-0.15, -0.1) is 0 Å². The van der Waals surface area contributed by atoms with E-state index in [1.165, 1.54) is 7.11 Å². The minimum atomic E-state index is -2.93. The Morgan fingerprint density at radius 2 is 1.96 bits per heavy atom. The highest BCUT2D eigenvalue weighted by molar-refractivity contribution is 5.69. The summed E-state index contributed by atoms with van der Waals surface area (Å²) in [5.41, 5.74) is 2.29. The molecular weight excluding hydrogens is 354 g/mol. The van der Waals surface area contributed by atoms with Crippen LogP contribution in [0.4, 0.5) is 8.78 Å². The number of aliphatic hydroxyl groups is 1. The lowest BCUT2D eigenvalue weighted by Crippen LogP contribution is -2.19. The van der Waals surface area contributed by atoms with E-state index in [4.69, 9.17) is 4.74 Å². The number of fused-ring (bicyclic) bond motifs is 1. The van der Waals surface area contributed by atoms with Crippen molar-refractivity contribution in [2.75, 3.05) is 7.11 Å². The number of ether oxygens (including phenoxy) is 2. The van der Waals surface area contributed by atoms with Crippen LogP contribution in [0.2, 0.25) is 0 Å². The Morgan fingerprint density at radius 1 is 1.26 bits per heavy atom. The van der Waals surface area contributed by atoms with Gasteiger partial charge >= 0.3 is 6.61 Å². The fourth-order valence-electron chi connectivity index (χ4n) is 2.97. The molecule has 0 radical (unpaired) electrons. The first-order valence-electron chi connectivity index (χ1n) is 8.60. The second-order valence-electron chi connectivity index (χ2n) is 6.59. The van der Waals surface area contributed by atoms with Crippen LogP contribution in [0.3, 0.4) is 0 Å². The predicted octanol–water partition coefficient (Wildman–Crippen LogP) is 4.54. The number of nitrogens with zero attached hydrogens (tertiary/aromatic N) is 2. The van der Waals surface area contributed by atoms with E-state index in [2.05, 4.69) is 9.72 Å². The molecule has 2 aromatic heterocycles. The number of hydrogen-bond donors (Lipinski definition) is 1. The highest BCUT2D eigenvalue weighted by atomic mass is 19.3. The summed E-state index contributed by atoms with van der Waals surface area (Å²) < 4.78 is 37.3. The van der Waals surface area contributed by atoms with Crippen molar-refractivity contribution in [2.24, 2.45) is 0 Å². The van der Waals surface area contributed by atoms with Crippen LogP contribution in [0.1, 0.15) is 31.4 Å². The summed E-state index contributed by atoms with van der Waals surface area (Å²) in [6.45, 7) is 2.39. The van der Waals surface area contributed by atoms with E-state index in [-0.39, 0.29) is 5.75 Å². The van der Waals surface area contributed by atoms with Gasteiger partial charge in [0, 0.05) is 17.3 Å². The number of alkyl halides is 2. The monoisotopic (exact) mass is 376 g/mol. The SMILES string of the molecule is CCC(C)(O)c1ccn2c(-c3cc(OC)c(C)c(OC(F)F)c3)cnc2c1. The molecule has 0 aliphatic rings. The van der Waals surface area contributed by atoms with Gasteiger partial charge in [-0.05, 0) is 50.1 Å². The van der Waals surface area contributed by atoms with E-state index < -0.39 is 12.2 Å². The molecule has 0 saturated heterocycles. The van der Waals surface area contributed by atoms with E-state index in [0.717, 1.165) is 5.56 Å². The number of hydrogen-bond acceptors (Lipinski definition) is 4. The molecule has 0 fully saturated rings. The van der Waals surface area contributed by atoms with Crippen molar-refractivity contribution >= 4 is 5.65 Å². The molecule has 144 valence electrons. The van der Waals surface area contributed by atoms with Crippen LogP contribution in [0.5, 0.6) is 11.5 Å². The van der Waals surface area contributed by atoms with Gasteiger partial charge in [-0.1, -0.05) is 6.92 Å². The zero-order chi connectivity index (χ0) is 19.8. The summed E-state index contributed by atoms with van der Waals surface area (Å²) in [5, 5.41) is 10.5. The largest absolute Gasteiger partial charge is 0.496 e. The van der Waals surface area contributed by atoms with Crippen molar-refractivity contribution in [2.45, 2.75) is 39.4 Å². The van der Waals surface area contributed by atoms with Crippen LogP contribution in [0, 0.1) is 6.92 Å². The molecule has 27 heavy (non-hydrogen) atoms. The molecule has 0 bridgehead atoms. The number of benzene rings is 1. The first-order chi connectivity index (χ1) is 12.8. The number of pyridine rings is 1. The van der Waals surface area contributed by atoms with Crippen molar-refractivity contribution in [3.8, 4) is 22.8 Å². The molecule has 2 heterocycles. The Hall–Kier alpha value is -2.67. The average Bonchev–Trinajstić information content (AvgIpc) is 3.06. The van der Waals surface area contributed by atoms with Crippen molar-refractivity contribution in [1.29, 1.82) is 0 Å². The third kappa shape index (κ3) is 3.60. The number of methoxy groups -OCH3 is 1. The third-order valence-corrected chi connectivity index (χ3v) is 4.87. The maximum Gasteiger partial charge on any atom is 0.387 e. The molecule has 3 rings (SSSR count). The summed E-state index contributed by atoms with van der Waals surface area (Å²) >= 11 is 0. The van der Waals surface area contributed by atoms with Crippen LogP contribution in [-0.4, -0.2) is 28.2 Å². The van der Waals surface area contributed by atoms with Crippen molar-refractivity contribution in [1.82, 2.24) is 9.38 Å². The third-order valence-electron chi connectivity index (χ3n) is 4.87. The van der Waals surface area contributed by atoms with Crippen molar-refractivity contribution < 1.29 is 23.4 Å². The molecule has 0 aliphatic heterocycles. The Balaban J connectivity index is 2.12. The van der Waals surface area contributed by atoms with E-state index in [0.29, 0.717) is 34.6 Å². The van der Waals surface area contributed by atoms with Gasteiger partial charge in [0.05, 0.1) is 24.6 Å². The normalized spacial score (nSPS) is 13.8. The van der Waals surface area contributed by atoms with Crippen LogP contribution < -0.4 is 9.47 Å². The maximum absolute atomic E-state index is 12.7. The standard InChI is InChI=1S/C20H22F2N2O3/c1-5-20(3,25)14-6-7-24-15(11-23-18(24)10-14)13-8-16(26-4)12(2)17(9-13)27-19(21)22/h6-11,19,25H,5H2,1-4H3. The lowest BCUT2D eigenvalue weighted by molar-refractivity contribution is -0.0503. The molecule has 1 unspecified atom stereocenters. The molecular formula is C20H22F2N2O3. The van der Waals surface area contributed by atoms with Gasteiger partial charge in [-0.25, -0.2) is 4.98 Å². The number of aromatic nitrogens is 2. The summed E-state index contributed by atoms with van der Waals surface area (Å²) in [7, 11) is 1.48. The highest BCUT2D eigenvalue weighted by Gasteiger charge is 2.22. The Labute approximate surface area is 156 Å². The Morgan fingerprint density at radius 3 is 2.59 bits per heavy atom. The van der Waals surface area contributed by atoms with E-state index in [1.54, 1.807) is 38.4 Å². The first kappa shape index (κ1) is 19.1. The van der Waals surface area contributed by atoms with Crippen LogP contribution in [0.25, 0.3) is 16.9 Å². The number of imidazole rings is 1. The van der Waals surface area contributed by atoms with E-state index in [1.807, 2.05) is 23.5 Å². The fraction of sp³-hybridized carbons (Fsp3) is 0.350. The van der Waals surface area contributed by atoms with Gasteiger partial charge in [0.1, 0.15) is 17.1 Å². The molecule has 5 nitrogen and oxygen atoms in total. The quantitative estimate of drug-likeness (QED) is 0.686. The Kier molecular flexibility index (Phi) is 5.06. The second-order valence-corrected chi connectivity index (χ2v) is 6.59. The van der Waals surface area contributed by atoms with Gasteiger partial charge in [-0.3, -0.25) is 4.40 Å². The number of halogens is 2. The summed E-state index contributed by atoms with van der Waals surface area (Å²) in [4.78, 5) is 4.39. The molecule has 0 aliphatic carbocycles. The minimum Gasteiger partial charge on any atom is -0.496 e. The lowest BCUT2D eigenvalue weighted by atomic mass is 9.94. The van der Waals surface area contributed by atoms with E-state index >= 15 is 0 Å². The zero-order valence-corrected chi connectivity index (χ0v) is 15.7. The molecule has 0 spiro atoms. The molecule has 0 amide bonds. The molecule has 0 saturated carbocycles. The second kappa shape index (κ2) is 7.15. The van der Waals surface area contributed by atoms with E-state index in [9.17, 15) is 13.9 Å². The first-order valence-corrected chi connectivity index (χ1v) is 8.60. The van der Waals surface area contributed by atoms with Gasteiger partial charge in [0.2, 0.25) is 0 Å². The average molecular weight is 376 g/mol. The molecule has 3 aromatic rings. The molecule has 1 aromatic carbocycles. The summed E-state index contributed by atoms with van der Waals surface area (Å²) in [5.74, 6) is 0.503. The smallest absolute Gasteiger partial charge is 0.387 e. The minimum absolute atomic E-state index is 0.0554. The van der Waals surface area contributed by atoms with Crippen LogP contribution in [0.15, 0.2) is 36.7 Å². The fourth-order valence-corrected chi connectivity index (χ4v) is 2.97. The van der Waals surface area contributed by atoms with Crippen LogP contribution in [-0.2, 0) is 5.60 Å². The lowest BCUT2D eigenvalue weighted by Gasteiger charge is -2.21. The van der Waals surface area contributed by atoms with Gasteiger partial charge in [0.25, 0.3) is 0 Å². The summed E-state index contributed by atoms with van der Waals surface area (Å²) in [6.07, 6.45) is 4.02. The maximum atomic E-state index is 12.7. The van der Waals surface area contributed by atoms with Crippen LogP contribution >= 0.6 is 0 Å². The zero-order valence-electron chi connectivity index (χ0n) is 15.7. The Bertz CT molecular complexity index is 967. The van der Waals surface area contributed by atoms with Gasteiger partial charge in [0.15, 0.2) is 0 Å². The molecule has 7 heteroatoms. The molecule has 1 N–H and O–H groups in total. The summed E-state index contributed by atoms with van der Waals surface area (Å²) in [6, 6.07) is 6.94. The topological polar surface area (TPSA) is 56.0 Å². The predicted molar refractivity (Wildman–Crippen MR) is 98.4 cm³/mol.